The Balaban J connectivity index is 1.94. The van der Waals surface area contributed by atoms with Crippen LogP contribution in [0.4, 0.5) is 0 Å². The van der Waals surface area contributed by atoms with E-state index in [1.807, 2.05) is 48.9 Å². The summed E-state index contributed by atoms with van der Waals surface area (Å²) >= 11 is 1.30. The molecule has 1 aromatic carbocycles. The molecule has 0 saturated carbocycles. The largest absolute Gasteiger partial charge is 0.497 e. The predicted molar refractivity (Wildman–Crippen MR) is 126 cm³/mol. The molecule has 3 heterocycles. The van der Waals surface area contributed by atoms with Crippen LogP contribution in [0.15, 0.2) is 51.5 Å². The number of nitrogens with zero attached hydrogens (tertiary/aromatic N) is 4. The summed E-state index contributed by atoms with van der Waals surface area (Å²) in [5.74, 6) is 0.210. The first-order chi connectivity index (χ1) is 15.9. The SMILES string of the molecule is CCOC(=O)C1=C(C)N=c2sc(=Cc3cnn(CC)c3C)c(=O)n2[C@H]1c1ccc(OC)cc1. The summed E-state index contributed by atoms with van der Waals surface area (Å²) in [7, 11) is 1.59. The standard InChI is InChI=1S/C24H26N4O4S/c1-6-27-15(4)17(13-25-27)12-19-22(29)28-21(16-8-10-18(31-5)11-9-16)20(23(30)32-7-2)14(3)26-24(28)33-19/h8-13,21H,6-7H2,1-5H3/t21-/m0/s1. The summed E-state index contributed by atoms with van der Waals surface area (Å²) in [6.07, 6.45) is 3.60. The van der Waals surface area contributed by atoms with Crippen molar-refractivity contribution < 1.29 is 14.3 Å². The molecule has 1 aliphatic heterocycles. The quantitative estimate of drug-likeness (QED) is 0.521. The van der Waals surface area contributed by atoms with E-state index in [0.717, 1.165) is 23.4 Å². The van der Waals surface area contributed by atoms with Crippen LogP contribution < -0.4 is 19.6 Å². The van der Waals surface area contributed by atoms with E-state index < -0.39 is 12.0 Å². The first kappa shape index (κ1) is 22.7. The topological polar surface area (TPSA) is 87.7 Å². The van der Waals surface area contributed by atoms with Gasteiger partial charge in [-0.05, 0) is 51.5 Å². The number of benzene rings is 1. The van der Waals surface area contributed by atoms with Gasteiger partial charge in [-0.2, -0.15) is 5.10 Å². The molecule has 9 heteroatoms. The number of hydrogen-bond acceptors (Lipinski definition) is 7. The number of fused-ring (bicyclic) bond motifs is 1. The highest BCUT2D eigenvalue weighted by Crippen LogP contribution is 2.31. The summed E-state index contributed by atoms with van der Waals surface area (Å²) in [5.41, 5.74) is 3.32. The molecule has 0 saturated heterocycles. The van der Waals surface area contributed by atoms with Gasteiger partial charge in [-0.25, -0.2) is 9.79 Å². The molecule has 1 atom stereocenters. The maximum absolute atomic E-state index is 13.6. The van der Waals surface area contributed by atoms with E-state index >= 15 is 0 Å². The van der Waals surface area contributed by atoms with Crippen LogP contribution in [0.25, 0.3) is 6.08 Å². The molecule has 0 unspecified atom stereocenters. The molecule has 2 aromatic heterocycles. The van der Waals surface area contributed by atoms with Crippen LogP contribution >= 0.6 is 11.3 Å². The number of aromatic nitrogens is 3. The molecule has 33 heavy (non-hydrogen) atoms. The van der Waals surface area contributed by atoms with E-state index in [9.17, 15) is 9.59 Å². The molecular formula is C24H26N4O4S. The minimum atomic E-state index is -0.646. The summed E-state index contributed by atoms with van der Waals surface area (Å²) in [5, 5.41) is 4.37. The third-order valence-electron chi connectivity index (χ3n) is 5.68. The lowest BCUT2D eigenvalue weighted by molar-refractivity contribution is -0.139. The van der Waals surface area contributed by atoms with Crippen LogP contribution in [0.5, 0.6) is 5.75 Å². The fraction of sp³-hybridized carbons (Fsp3) is 0.333. The minimum Gasteiger partial charge on any atom is -0.497 e. The van der Waals surface area contributed by atoms with Crippen LogP contribution in [0.1, 0.15) is 43.6 Å². The van der Waals surface area contributed by atoms with Gasteiger partial charge in [0, 0.05) is 17.8 Å². The first-order valence-corrected chi connectivity index (χ1v) is 11.6. The van der Waals surface area contributed by atoms with E-state index in [1.54, 1.807) is 31.7 Å². The molecule has 0 fully saturated rings. The fourth-order valence-electron chi connectivity index (χ4n) is 3.96. The second kappa shape index (κ2) is 9.19. The average molecular weight is 467 g/mol. The maximum Gasteiger partial charge on any atom is 0.338 e. The molecule has 0 radical (unpaired) electrons. The molecule has 0 N–H and O–H groups in total. The number of rotatable bonds is 6. The highest BCUT2D eigenvalue weighted by atomic mass is 32.1. The molecule has 0 bridgehead atoms. The maximum atomic E-state index is 13.6. The zero-order valence-electron chi connectivity index (χ0n) is 19.3. The molecular weight excluding hydrogens is 440 g/mol. The van der Waals surface area contributed by atoms with Crippen molar-refractivity contribution in [2.75, 3.05) is 13.7 Å². The Labute approximate surface area is 195 Å². The number of hydrogen-bond donors (Lipinski definition) is 0. The molecule has 0 spiro atoms. The monoisotopic (exact) mass is 466 g/mol. The highest BCUT2D eigenvalue weighted by molar-refractivity contribution is 7.07. The Morgan fingerprint density at radius 3 is 2.55 bits per heavy atom. The predicted octanol–water partition coefficient (Wildman–Crippen LogP) is 2.33. The summed E-state index contributed by atoms with van der Waals surface area (Å²) in [6.45, 7) is 8.50. The van der Waals surface area contributed by atoms with Crippen molar-refractivity contribution in [3.8, 4) is 5.75 Å². The summed E-state index contributed by atoms with van der Waals surface area (Å²) < 4.78 is 14.6. The zero-order chi connectivity index (χ0) is 23.7. The van der Waals surface area contributed by atoms with Crippen molar-refractivity contribution in [3.63, 3.8) is 0 Å². The van der Waals surface area contributed by atoms with Gasteiger partial charge >= 0.3 is 5.97 Å². The molecule has 0 aliphatic carbocycles. The van der Waals surface area contributed by atoms with Gasteiger partial charge in [0.2, 0.25) is 0 Å². The van der Waals surface area contributed by atoms with Crippen molar-refractivity contribution in [3.05, 3.63) is 78.2 Å². The Morgan fingerprint density at radius 1 is 1.21 bits per heavy atom. The molecule has 172 valence electrons. The van der Waals surface area contributed by atoms with Gasteiger partial charge in [-0.3, -0.25) is 14.0 Å². The van der Waals surface area contributed by atoms with Crippen molar-refractivity contribution in [1.29, 1.82) is 0 Å². The fourth-order valence-corrected chi connectivity index (χ4v) is 4.99. The lowest BCUT2D eigenvalue weighted by Crippen LogP contribution is -2.39. The third-order valence-corrected chi connectivity index (χ3v) is 6.66. The van der Waals surface area contributed by atoms with Gasteiger partial charge in [0.25, 0.3) is 5.56 Å². The average Bonchev–Trinajstić information content (AvgIpc) is 3.32. The Hall–Kier alpha value is -3.46. The molecule has 8 nitrogen and oxygen atoms in total. The van der Waals surface area contributed by atoms with E-state index in [2.05, 4.69) is 10.1 Å². The van der Waals surface area contributed by atoms with Crippen molar-refractivity contribution in [2.24, 2.45) is 4.99 Å². The number of methoxy groups -OCH3 is 1. The van der Waals surface area contributed by atoms with E-state index in [0.29, 0.717) is 26.4 Å². The molecule has 3 aromatic rings. The van der Waals surface area contributed by atoms with Crippen LogP contribution in [0.3, 0.4) is 0 Å². The number of allylic oxidation sites excluding steroid dienone is 1. The van der Waals surface area contributed by atoms with E-state index in [4.69, 9.17) is 9.47 Å². The third kappa shape index (κ3) is 4.04. The smallest absolute Gasteiger partial charge is 0.338 e. The van der Waals surface area contributed by atoms with Crippen LogP contribution in [-0.2, 0) is 16.1 Å². The van der Waals surface area contributed by atoms with Crippen molar-refractivity contribution >= 4 is 23.4 Å². The second-order valence-electron chi connectivity index (χ2n) is 7.58. The molecule has 4 rings (SSSR count). The van der Waals surface area contributed by atoms with E-state index in [1.165, 1.54) is 11.3 Å². The number of carbonyl (C=O) groups is 1. The van der Waals surface area contributed by atoms with Gasteiger partial charge in [-0.1, -0.05) is 23.5 Å². The van der Waals surface area contributed by atoms with Gasteiger partial charge in [-0.15, -0.1) is 0 Å². The van der Waals surface area contributed by atoms with Gasteiger partial charge in [0.1, 0.15) is 5.75 Å². The van der Waals surface area contributed by atoms with Crippen LogP contribution in [0.2, 0.25) is 0 Å². The summed E-state index contributed by atoms with van der Waals surface area (Å²) in [4.78, 5) is 31.7. The lowest BCUT2D eigenvalue weighted by Gasteiger charge is -2.24. The van der Waals surface area contributed by atoms with Crippen molar-refractivity contribution in [2.45, 2.75) is 40.3 Å². The number of carbonyl (C=O) groups excluding carboxylic acids is 1. The second-order valence-corrected chi connectivity index (χ2v) is 8.59. The Bertz CT molecular complexity index is 1410. The highest BCUT2D eigenvalue weighted by Gasteiger charge is 2.33. The van der Waals surface area contributed by atoms with Crippen molar-refractivity contribution in [1.82, 2.24) is 14.3 Å². The summed E-state index contributed by atoms with van der Waals surface area (Å²) in [6, 6.07) is 6.69. The van der Waals surface area contributed by atoms with Crippen LogP contribution in [-0.4, -0.2) is 34.0 Å². The minimum absolute atomic E-state index is 0.211. The van der Waals surface area contributed by atoms with Gasteiger partial charge < -0.3 is 9.47 Å². The van der Waals surface area contributed by atoms with Gasteiger partial charge in [0.05, 0.1) is 41.8 Å². The number of ether oxygens (including phenoxy) is 2. The van der Waals surface area contributed by atoms with Gasteiger partial charge in [0.15, 0.2) is 4.80 Å². The molecule has 0 amide bonds. The lowest BCUT2D eigenvalue weighted by atomic mass is 9.96. The van der Waals surface area contributed by atoms with Crippen LogP contribution in [0, 0.1) is 6.92 Å². The zero-order valence-corrected chi connectivity index (χ0v) is 20.1. The molecule has 1 aliphatic rings. The Kier molecular flexibility index (Phi) is 6.33. The van der Waals surface area contributed by atoms with E-state index in [-0.39, 0.29) is 12.2 Å². The Morgan fingerprint density at radius 2 is 1.94 bits per heavy atom. The first-order valence-electron chi connectivity index (χ1n) is 10.8. The number of aryl methyl sites for hydroxylation is 1. The normalized spacial score (nSPS) is 15.9. The number of thiazole rings is 1. The number of esters is 1.